The van der Waals surface area contributed by atoms with Crippen molar-refractivity contribution in [1.29, 1.82) is 0 Å². The van der Waals surface area contributed by atoms with Crippen LogP contribution >= 0.6 is 0 Å². The van der Waals surface area contributed by atoms with Gasteiger partial charge < -0.3 is 20.1 Å². The Balaban J connectivity index is 1.58. The van der Waals surface area contributed by atoms with Crippen LogP contribution in [0.5, 0.6) is 5.75 Å². The zero-order valence-electron chi connectivity index (χ0n) is 17.3. The summed E-state index contributed by atoms with van der Waals surface area (Å²) in [5.74, 6) is -0.273. The smallest absolute Gasteiger partial charge is 0.406 e. The van der Waals surface area contributed by atoms with Crippen molar-refractivity contribution in [1.82, 2.24) is 15.0 Å². The summed E-state index contributed by atoms with van der Waals surface area (Å²) in [6.07, 6.45) is 2.29. The van der Waals surface area contributed by atoms with Crippen LogP contribution in [-0.4, -0.2) is 51.5 Å². The number of benzene rings is 1. The number of aliphatic hydroxyl groups is 1. The summed E-state index contributed by atoms with van der Waals surface area (Å²) < 4.78 is 40.8. The molecule has 1 saturated heterocycles. The molecule has 0 aliphatic carbocycles. The van der Waals surface area contributed by atoms with Crippen LogP contribution < -0.4 is 15.0 Å². The minimum atomic E-state index is -4.79. The van der Waals surface area contributed by atoms with Crippen LogP contribution in [0.2, 0.25) is 0 Å². The Morgan fingerprint density at radius 2 is 1.88 bits per heavy atom. The predicted octanol–water partition coefficient (Wildman–Crippen LogP) is 3.65. The van der Waals surface area contributed by atoms with Gasteiger partial charge in [0.2, 0.25) is 0 Å². The number of hydrogen-bond acceptors (Lipinski definition) is 7. The average Bonchev–Trinajstić information content (AvgIpc) is 2.79. The second-order valence-electron chi connectivity index (χ2n) is 7.49. The molecule has 1 fully saturated rings. The topological polar surface area (TPSA) is 100 Å². The molecule has 1 aromatic carbocycles. The standard InChI is InChI=1S/C22H20F3N5O3/c23-22(24,25)33-18-5-3-16(4-6-18)29-21(32)14-8-19(15-9-26-13-27-10-15)20(28-11-14)30-7-1-2-17(31)12-30/h3-6,8-11,13,17,31H,1-2,7,12H2,(H,29,32)/t17-/m1/s1. The number of carbonyl (C=O) groups excluding carboxylic acids is 1. The number of β-amino-alcohol motifs (C(OH)–C–C–N with tert-alkyl or cyclic N) is 1. The fraction of sp³-hybridized carbons (Fsp3) is 0.273. The molecule has 0 radical (unpaired) electrons. The van der Waals surface area contributed by atoms with E-state index in [0.717, 1.165) is 18.6 Å². The first kappa shape index (κ1) is 22.5. The number of ether oxygens (including phenoxy) is 1. The first-order valence-corrected chi connectivity index (χ1v) is 10.1. The number of alkyl halides is 3. The maximum absolute atomic E-state index is 12.8. The highest BCUT2D eigenvalue weighted by Crippen LogP contribution is 2.31. The minimum Gasteiger partial charge on any atom is -0.406 e. The third kappa shape index (κ3) is 5.75. The molecule has 0 unspecified atom stereocenters. The van der Waals surface area contributed by atoms with Crippen LogP contribution in [0.15, 0.2) is 55.2 Å². The lowest BCUT2D eigenvalue weighted by Crippen LogP contribution is -2.39. The van der Waals surface area contributed by atoms with Crippen molar-refractivity contribution in [2.45, 2.75) is 25.3 Å². The lowest BCUT2D eigenvalue weighted by Gasteiger charge is -2.32. The van der Waals surface area contributed by atoms with E-state index in [9.17, 15) is 23.1 Å². The van der Waals surface area contributed by atoms with Gasteiger partial charge >= 0.3 is 6.36 Å². The van der Waals surface area contributed by atoms with E-state index in [-0.39, 0.29) is 11.3 Å². The highest BCUT2D eigenvalue weighted by atomic mass is 19.4. The van der Waals surface area contributed by atoms with E-state index in [0.29, 0.717) is 42.1 Å². The number of carbonyl (C=O) groups is 1. The van der Waals surface area contributed by atoms with Gasteiger partial charge in [0.05, 0.1) is 11.7 Å². The fourth-order valence-electron chi connectivity index (χ4n) is 3.57. The second kappa shape index (κ2) is 9.41. The van der Waals surface area contributed by atoms with Crippen molar-refractivity contribution in [2.24, 2.45) is 0 Å². The molecular formula is C22H20F3N5O3. The summed E-state index contributed by atoms with van der Waals surface area (Å²) in [6, 6.07) is 6.49. The van der Waals surface area contributed by atoms with E-state index in [1.54, 1.807) is 18.5 Å². The van der Waals surface area contributed by atoms with E-state index in [1.165, 1.54) is 24.7 Å². The number of pyridine rings is 1. The minimum absolute atomic E-state index is 0.241. The van der Waals surface area contributed by atoms with Crippen molar-refractivity contribution in [3.8, 4) is 16.9 Å². The molecule has 1 atom stereocenters. The van der Waals surface area contributed by atoms with E-state index in [4.69, 9.17) is 0 Å². The van der Waals surface area contributed by atoms with Gasteiger partial charge in [-0.2, -0.15) is 0 Å². The number of piperidine rings is 1. The van der Waals surface area contributed by atoms with Gasteiger partial charge in [-0.3, -0.25) is 4.79 Å². The van der Waals surface area contributed by atoms with Gasteiger partial charge in [-0.05, 0) is 43.2 Å². The number of aromatic nitrogens is 3. The average molecular weight is 459 g/mol. The number of anilines is 2. The summed E-state index contributed by atoms with van der Waals surface area (Å²) in [6.45, 7) is 1.13. The molecule has 1 aliphatic heterocycles. The van der Waals surface area contributed by atoms with E-state index >= 15 is 0 Å². The molecule has 3 aromatic rings. The first-order chi connectivity index (χ1) is 15.8. The van der Waals surface area contributed by atoms with E-state index in [2.05, 4.69) is 25.0 Å². The molecule has 0 saturated carbocycles. The van der Waals surface area contributed by atoms with Gasteiger partial charge in [0, 0.05) is 48.5 Å². The van der Waals surface area contributed by atoms with Gasteiger partial charge in [0.25, 0.3) is 5.91 Å². The molecule has 3 heterocycles. The summed E-state index contributed by atoms with van der Waals surface area (Å²) in [5, 5.41) is 12.7. The third-order valence-corrected chi connectivity index (χ3v) is 5.04. The monoisotopic (exact) mass is 459 g/mol. The van der Waals surface area contributed by atoms with Gasteiger partial charge in [-0.15, -0.1) is 13.2 Å². The van der Waals surface area contributed by atoms with Gasteiger partial charge in [-0.25, -0.2) is 15.0 Å². The van der Waals surface area contributed by atoms with Crippen molar-refractivity contribution in [3.63, 3.8) is 0 Å². The summed E-state index contributed by atoms with van der Waals surface area (Å²) in [5.41, 5.74) is 1.82. The molecule has 172 valence electrons. The molecule has 4 rings (SSSR count). The number of rotatable bonds is 5. The zero-order valence-corrected chi connectivity index (χ0v) is 17.3. The largest absolute Gasteiger partial charge is 0.573 e. The van der Waals surface area contributed by atoms with Crippen LogP contribution in [0.3, 0.4) is 0 Å². The summed E-state index contributed by atoms with van der Waals surface area (Å²) in [7, 11) is 0. The van der Waals surface area contributed by atoms with Gasteiger partial charge in [0.1, 0.15) is 17.9 Å². The van der Waals surface area contributed by atoms with Crippen molar-refractivity contribution < 1.29 is 27.8 Å². The lowest BCUT2D eigenvalue weighted by atomic mass is 10.0. The number of nitrogens with zero attached hydrogens (tertiary/aromatic N) is 4. The molecule has 1 amide bonds. The maximum Gasteiger partial charge on any atom is 0.573 e. The van der Waals surface area contributed by atoms with Crippen LogP contribution in [0, 0.1) is 0 Å². The number of halogens is 3. The first-order valence-electron chi connectivity index (χ1n) is 10.1. The molecule has 2 N–H and O–H groups in total. The van der Waals surface area contributed by atoms with Crippen LogP contribution in [0.25, 0.3) is 11.1 Å². The van der Waals surface area contributed by atoms with Gasteiger partial charge in [-0.1, -0.05) is 0 Å². The van der Waals surface area contributed by atoms with E-state index in [1.807, 2.05) is 4.90 Å². The Hall–Kier alpha value is -3.73. The maximum atomic E-state index is 12.8. The van der Waals surface area contributed by atoms with Crippen molar-refractivity contribution in [3.05, 3.63) is 60.8 Å². The molecule has 2 aromatic heterocycles. The second-order valence-corrected chi connectivity index (χ2v) is 7.49. The fourth-order valence-corrected chi connectivity index (χ4v) is 3.57. The molecule has 1 aliphatic rings. The zero-order chi connectivity index (χ0) is 23.4. The Morgan fingerprint density at radius 3 is 2.55 bits per heavy atom. The summed E-state index contributed by atoms with van der Waals surface area (Å²) in [4.78, 5) is 27.3. The Labute approximate surface area is 187 Å². The normalized spacial score (nSPS) is 16.4. The number of hydrogen-bond donors (Lipinski definition) is 2. The number of amides is 1. The highest BCUT2D eigenvalue weighted by Gasteiger charge is 2.31. The molecule has 11 heteroatoms. The summed E-state index contributed by atoms with van der Waals surface area (Å²) >= 11 is 0. The number of nitrogens with one attached hydrogen (secondary N) is 1. The molecular weight excluding hydrogens is 439 g/mol. The van der Waals surface area contributed by atoms with Crippen molar-refractivity contribution in [2.75, 3.05) is 23.3 Å². The highest BCUT2D eigenvalue weighted by molar-refractivity contribution is 6.05. The molecule has 0 spiro atoms. The van der Waals surface area contributed by atoms with Crippen LogP contribution in [0.1, 0.15) is 23.2 Å². The van der Waals surface area contributed by atoms with E-state index < -0.39 is 18.4 Å². The van der Waals surface area contributed by atoms with Crippen LogP contribution in [0.4, 0.5) is 24.7 Å². The van der Waals surface area contributed by atoms with Gasteiger partial charge in [0.15, 0.2) is 0 Å². The SMILES string of the molecule is O=C(Nc1ccc(OC(F)(F)F)cc1)c1cnc(N2CCC[C@@H](O)C2)c(-c2cncnc2)c1. The predicted molar refractivity (Wildman–Crippen MR) is 114 cm³/mol. The Kier molecular flexibility index (Phi) is 6.40. The Bertz CT molecular complexity index is 1110. The van der Waals surface area contributed by atoms with Crippen molar-refractivity contribution >= 4 is 17.4 Å². The third-order valence-electron chi connectivity index (χ3n) is 5.04. The quantitative estimate of drug-likeness (QED) is 0.601. The molecule has 33 heavy (non-hydrogen) atoms. The number of aliphatic hydroxyl groups excluding tert-OH is 1. The van der Waals surface area contributed by atoms with Crippen LogP contribution in [-0.2, 0) is 0 Å². The lowest BCUT2D eigenvalue weighted by molar-refractivity contribution is -0.274. The molecule has 0 bridgehead atoms. The Morgan fingerprint density at radius 1 is 1.15 bits per heavy atom. The molecule has 8 nitrogen and oxygen atoms in total.